The molecule has 0 aliphatic carbocycles. The first kappa shape index (κ1) is 10.2. The number of nitrogens with zero attached hydrogens (tertiary/aromatic N) is 1. The van der Waals surface area contributed by atoms with Gasteiger partial charge in [0.25, 0.3) is 0 Å². The van der Waals surface area contributed by atoms with Gasteiger partial charge in [0.1, 0.15) is 0 Å². The predicted octanol–water partition coefficient (Wildman–Crippen LogP) is 1.83. The Balaban J connectivity index is 2.03. The Morgan fingerprint density at radius 1 is 1.47 bits per heavy atom. The molecule has 0 saturated heterocycles. The van der Waals surface area contributed by atoms with Gasteiger partial charge in [0.15, 0.2) is 6.04 Å². The van der Waals surface area contributed by atoms with Crippen LogP contribution >= 0.6 is 11.8 Å². The number of rotatable bonds is 3. The Morgan fingerprint density at radius 3 is 2.80 bits per heavy atom. The number of hydrogen-bond acceptors (Lipinski definition) is 3. The molecule has 3 nitrogen and oxygen atoms in total. The fraction of sp³-hybridized carbons (Fsp3) is 0.273. The van der Waals surface area contributed by atoms with Gasteiger partial charge < -0.3 is 5.11 Å². The monoisotopic (exact) mass is 221 g/mol. The average Bonchev–Trinajstić information content (AvgIpc) is 2.68. The molecule has 1 heterocycles. The molecule has 1 aromatic rings. The molecule has 1 aliphatic rings. The van der Waals surface area contributed by atoms with Gasteiger partial charge in [-0.1, -0.05) is 30.3 Å². The van der Waals surface area contributed by atoms with Gasteiger partial charge in [0, 0.05) is 12.2 Å². The van der Waals surface area contributed by atoms with Gasteiger partial charge in [-0.2, -0.15) is 0 Å². The highest BCUT2D eigenvalue weighted by molar-refractivity contribution is 8.14. The average molecular weight is 221 g/mol. The second-order valence-corrected chi connectivity index (χ2v) is 4.44. The Labute approximate surface area is 92.2 Å². The molecular formula is C11H11NO2S. The molecule has 1 atom stereocenters. The van der Waals surface area contributed by atoms with E-state index in [0.717, 1.165) is 11.5 Å². The maximum atomic E-state index is 10.7. The number of aliphatic imine (C=N–C) groups is 1. The minimum atomic E-state index is -0.828. The zero-order chi connectivity index (χ0) is 10.7. The molecule has 1 N–H and O–H groups in total. The summed E-state index contributed by atoms with van der Waals surface area (Å²) >= 11 is 1.54. The topological polar surface area (TPSA) is 49.7 Å². The second-order valence-electron chi connectivity index (χ2n) is 3.35. The zero-order valence-corrected chi connectivity index (χ0v) is 8.91. The van der Waals surface area contributed by atoms with Crippen molar-refractivity contribution in [2.45, 2.75) is 12.5 Å². The van der Waals surface area contributed by atoms with Crippen molar-refractivity contribution < 1.29 is 9.90 Å². The summed E-state index contributed by atoms with van der Waals surface area (Å²) < 4.78 is 0. The lowest BCUT2D eigenvalue weighted by molar-refractivity contribution is -0.137. The molecule has 0 saturated carbocycles. The van der Waals surface area contributed by atoms with Crippen LogP contribution in [0.2, 0.25) is 0 Å². The fourth-order valence-corrected chi connectivity index (χ4v) is 2.46. The molecule has 0 spiro atoms. The van der Waals surface area contributed by atoms with E-state index in [2.05, 4.69) is 4.99 Å². The third kappa shape index (κ3) is 2.59. The molecule has 0 aromatic heterocycles. The summed E-state index contributed by atoms with van der Waals surface area (Å²) in [5.74, 6) is -0.261. The Kier molecular flexibility index (Phi) is 3.06. The second kappa shape index (κ2) is 4.49. The first-order chi connectivity index (χ1) is 7.25. The van der Waals surface area contributed by atoms with E-state index in [1.54, 1.807) is 11.8 Å². The Bertz CT molecular complexity index is 389. The van der Waals surface area contributed by atoms with Gasteiger partial charge in [-0.25, -0.2) is 4.79 Å². The molecule has 2 rings (SSSR count). The van der Waals surface area contributed by atoms with E-state index in [4.69, 9.17) is 5.11 Å². The molecule has 0 radical (unpaired) electrons. The number of carboxylic acid groups (broad SMARTS) is 1. The minimum absolute atomic E-state index is 0.547. The number of thioether (sulfide) groups is 1. The van der Waals surface area contributed by atoms with Crippen molar-refractivity contribution in [3.63, 3.8) is 0 Å². The van der Waals surface area contributed by atoms with Crippen molar-refractivity contribution in [1.82, 2.24) is 0 Å². The normalized spacial score (nSPS) is 20.0. The Hall–Kier alpha value is -1.29. The molecule has 15 heavy (non-hydrogen) atoms. The zero-order valence-electron chi connectivity index (χ0n) is 8.09. The van der Waals surface area contributed by atoms with Crippen molar-refractivity contribution in [1.29, 1.82) is 0 Å². The van der Waals surface area contributed by atoms with Gasteiger partial charge in [-0.05, 0) is 5.56 Å². The van der Waals surface area contributed by atoms with Gasteiger partial charge in [0.2, 0.25) is 0 Å². The van der Waals surface area contributed by atoms with E-state index in [1.807, 2.05) is 30.3 Å². The van der Waals surface area contributed by atoms with Crippen LogP contribution in [0.3, 0.4) is 0 Å². The highest BCUT2D eigenvalue weighted by atomic mass is 32.2. The lowest BCUT2D eigenvalue weighted by atomic mass is 10.2. The number of carboxylic acids is 1. The first-order valence-electron chi connectivity index (χ1n) is 4.72. The van der Waals surface area contributed by atoms with Crippen molar-refractivity contribution in [2.75, 3.05) is 5.75 Å². The summed E-state index contributed by atoms with van der Waals surface area (Å²) in [4.78, 5) is 14.8. The van der Waals surface area contributed by atoms with E-state index in [0.29, 0.717) is 5.75 Å². The molecule has 78 valence electrons. The summed E-state index contributed by atoms with van der Waals surface area (Å²) in [6.45, 7) is 0. The Morgan fingerprint density at radius 2 is 2.20 bits per heavy atom. The number of benzene rings is 1. The molecular weight excluding hydrogens is 210 g/mol. The first-order valence-corrected chi connectivity index (χ1v) is 5.70. The van der Waals surface area contributed by atoms with Crippen LogP contribution in [0.25, 0.3) is 0 Å². The standard InChI is InChI=1S/C11H11NO2S/c13-11(14)9-7-15-10(12-9)6-8-4-2-1-3-5-8/h1-5,9H,6-7H2,(H,13,14)/t9-/m0/s1. The van der Waals surface area contributed by atoms with Crippen molar-refractivity contribution in [3.8, 4) is 0 Å². The summed E-state index contributed by atoms with van der Waals surface area (Å²) in [5.41, 5.74) is 1.18. The van der Waals surface area contributed by atoms with Crippen LogP contribution in [-0.4, -0.2) is 27.9 Å². The van der Waals surface area contributed by atoms with E-state index in [9.17, 15) is 4.79 Å². The maximum Gasteiger partial charge on any atom is 0.329 e. The van der Waals surface area contributed by atoms with Crippen LogP contribution < -0.4 is 0 Å². The molecule has 0 fully saturated rings. The predicted molar refractivity (Wildman–Crippen MR) is 61.5 cm³/mol. The van der Waals surface area contributed by atoms with Crippen LogP contribution in [-0.2, 0) is 11.2 Å². The third-order valence-corrected chi connectivity index (χ3v) is 3.26. The summed E-state index contributed by atoms with van der Waals surface area (Å²) in [7, 11) is 0. The van der Waals surface area contributed by atoms with Crippen LogP contribution in [0, 0.1) is 0 Å². The largest absolute Gasteiger partial charge is 0.480 e. The molecule has 0 bridgehead atoms. The fourth-order valence-electron chi connectivity index (χ4n) is 1.42. The third-order valence-electron chi connectivity index (χ3n) is 2.19. The van der Waals surface area contributed by atoms with E-state index >= 15 is 0 Å². The molecule has 4 heteroatoms. The molecule has 1 aromatic carbocycles. The molecule has 0 amide bonds. The lowest BCUT2D eigenvalue weighted by Gasteiger charge is -1.98. The van der Waals surface area contributed by atoms with E-state index in [1.165, 1.54) is 5.56 Å². The van der Waals surface area contributed by atoms with Crippen molar-refractivity contribution >= 4 is 22.8 Å². The quantitative estimate of drug-likeness (QED) is 0.847. The summed E-state index contributed by atoms with van der Waals surface area (Å²) in [6, 6.07) is 9.42. The van der Waals surface area contributed by atoms with Gasteiger partial charge in [0.05, 0.1) is 5.04 Å². The number of hydrogen-bond donors (Lipinski definition) is 1. The maximum absolute atomic E-state index is 10.7. The van der Waals surface area contributed by atoms with E-state index < -0.39 is 12.0 Å². The summed E-state index contributed by atoms with van der Waals surface area (Å²) in [6.07, 6.45) is 0.745. The van der Waals surface area contributed by atoms with Gasteiger partial charge >= 0.3 is 5.97 Å². The van der Waals surface area contributed by atoms with Gasteiger partial charge in [-0.15, -0.1) is 11.8 Å². The number of carbonyl (C=O) groups is 1. The lowest BCUT2D eigenvalue weighted by Crippen LogP contribution is -2.17. The van der Waals surface area contributed by atoms with E-state index in [-0.39, 0.29) is 0 Å². The minimum Gasteiger partial charge on any atom is -0.480 e. The van der Waals surface area contributed by atoms with Crippen LogP contribution in [0.1, 0.15) is 5.56 Å². The molecule has 1 aliphatic heterocycles. The van der Waals surface area contributed by atoms with Crippen LogP contribution in [0.15, 0.2) is 35.3 Å². The SMILES string of the molecule is O=C(O)[C@@H]1CSC(Cc2ccccc2)=N1. The highest BCUT2D eigenvalue weighted by Crippen LogP contribution is 2.21. The molecule has 0 unspecified atom stereocenters. The smallest absolute Gasteiger partial charge is 0.329 e. The summed E-state index contributed by atoms with van der Waals surface area (Å²) in [5, 5.41) is 9.70. The van der Waals surface area contributed by atoms with Crippen LogP contribution in [0.4, 0.5) is 0 Å². The van der Waals surface area contributed by atoms with Crippen molar-refractivity contribution in [2.24, 2.45) is 4.99 Å². The highest BCUT2D eigenvalue weighted by Gasteiger charge is 2.23. The van der Waals surface area contributed by atoms with Crippen LogP contribution in [0.5, 0.6) is 0 Å². The van der Waals surface area contributed by atoms with Crippen molar-refractivity contribution in [3.05, 3.63) is 35.9 Å². The van der Waals surface area contributed by atoms with Gasteiger partial charge in [-0.3, -0.25) is 4.99 Å². The number of aliphatic carboxylic acids is 1.